The third-order valence-corrected chi connectivity index (χ3v) is 6.52. The number of aliphatic imine (C=N–C) groups is 1. The van der Waals surface area contributed by atoms with Crippen LogP contribution in [0.25, 0.3) is 17.0 Å². The lowest BCUT2D eigenvalue weighted by atomic mass is 10.1. The number of esters is 1. The molecule has 3 aromatic carbocycles. The number of pyridine rings is 1. The minimum atomic E-state index is -0.519. The summed E-state index contributed by atoms with van der Waals surface area (Å²) >= 11 is 1.54. The lowest BCUT2D eigenvalue weighted by molar-refractivity contribution is -0.129. The molecule has 1 aliphatic heterocycles. The zero-order valence-corrected chi connectivity index (χ0v) is 20.3. The monoisotopic (exact) mass is 482 g/mol. The van der Waals surface area contributed by atoms with Gasteiger partial charge >= 0.3 is 5.97 Å². The highest BCUT2D eigenvalue weighted by molar-refractivity contribution is 7.99. The maximum atomic E-state index is 12.7. The molecule has 174 valence electrons. The van der Waals surface area contributed by atoms with E-state index in [2.05, 4.69) is 36.2 Å². The standard InChI is InChI=1S/C28H22N2O4S/c1-17-8-11-21(12-9-17)35-27-20(14-18-6-4-5-7-22(18)30-27)15-23-28(31)34-26(29-23)19-10-13-24(32-2)25(16-19)33-3/h4-16H,1-3H3. The molecule has 0 bridgehead atoms. The first-order valence-corrected chi connectivity index (χ1v) is 11.7. The second-order valence-electron chi connectivity index (χ2n) is 7.90. The predicted octanol–water partition coefficient (Wildman–Crippen LogP) is 6.06. The number of benzene rings is 3. The first-order chi connectivity index (χ1) is 17.0. The Bertz CT molecular complexity index is 1490. The van der Waals surface area contributed by atoms with Crippen LogP contribution in [0.15, 0.2) is 93.4 Å². The molecule has 2 heterocycles. The number of rotatable bonds is 6. The number of para-hydroxylation sites is 1. The van der Waals surface area contributed by atoms with Crippen LogP contribution in [0.2, 0.25) is 0 Å². The number of fused-ring (bicyclic) bond motifs is 1. The van der Waals surface area contributed by atoms with Crippen LogP contribution in [-0.2, 0) is 9.53 Å². The molecular formula is C28H22N2O4S. The largest absolute Gasteiger partial charge is 0.493 e. The van der Waals surface area contributed by atoms with Crippen LogP contribution in [0.1, 0.15) is 16.7 Å². The Balaban J connectivity index is 1.55. The van der Waals surface area contributed by atoms with Crippen LogP contribution >= 0.6 is 11.8 Å². The Hall–Kier alpha value is -4.10. The average Bonchev–Trinajstić information content (AvgIpc) is 3.25. The summed E-state index contributed by atoms with van der Waals surface area (Å²) in [4.78, 5) is 23.1. The van der Waals surface area contributed by atoms with Gasteiger partial charge in [0.1, 0.15) is 5.03 Å². The zero-order chi connectivity index (χ0) is 24.4. The predicted molar refractivity (Wildman–Crippen MR) is 137 cm³/mol. The number of cyclic esters (lactones) is 1. The van der Waals surface area contributed by atoms with Crippen molar-refractivity contribution in [3.63, 3.8) is 0 Å². The van der Waals surface area contributed by atoms with E-state index >= 15 is 0 Å². The minimum Gasteiger partial charge on any atom is -0.493 e. The van der Waals surface area contributed by atoms with Crippen LogP contribution in [0.3, 0.4) is 0 Å². The Labute approximate surface area is 207 Å². The Morgan fingerprint density at radius 1 is 0.914 bits per heavy atom. The molecule has 0 unspecified atom stereocenters. The first-order valence-electron chi connectivity index (χ1n) is 10.9. The highest BCUT2D eigenvalue weighted by atomic mass is 32.2. The molecule has 5 rings (SSSR count). The number of hydrogen-bond donors (Lipinski definition) is 0. The van der Waals surface area contributed by atoms with E-state index in [4.69, 9.17) is 19.2 Å². The lowest BCUT2D eigenvalue weighted by Crippen LogP contribution is -2.06. The summed E-state index contributed by atoms with van der Waals surface area (Å²) in [6, 6.07) is 23.4. The molecule has 0 saturated heterocycles. The fourth-order valence-electron chi connectivity index (χ4n) is 3.67. The van der Waals surface area contributed by atoms with Gasteiger partial charge in [-0.1, -0.05) is 47.7 Å². The van der Waals surface area contributed by atoms with Gasteiger partial charge in [-0.2, -0.15) is 0 Å². The van der Waals surface area contributed by atoms with E-state index in [0.717, 1.165) is 26.4 Å². The summed E-state index contributed by atoms with van der Waals surface area (Å²) in [6.45, 7) is 2.05. The molecule has 35 heavy (non-hydrogen) atoms. The number of methoxy groups -OCH3 is 2. The maximum Gasteiger partial charge on any atom is 0.363 e. The number of carbonyl (C=O) groups is 1. The molecule has 0 saturated carbocycles. The van der Waals surface area contributed by atoms with Crippen molar-refractivity contribution in [2.75, 3.05) is 14.2 Å². The third-order valence-electron chi connectivity index (χ3n) is 5.50. The second kappa shape index (κ2) is 9.64. The van der Waals surface area contributed by atoms with E-state index in [9.17, 15) is 4.79 Å². The Kier molecular flexibility index (Phi) is 6.25. The second-order valence-corrected chi connectivity index (χ2v) is 8.96. The molecule has 0 amide bonds. The van der Waals surface area contributed by atoms with E-state index in [1.807, 2.05) is 30.3 Å². The molecule has 6 nitrogen and oxygen atoms in total. The molecule has 4 aromatic rings. The number of carbonyl (C=O) groups excluding carboxylic acids is 1. The maximum absolute atomic E-state index is 12.7. The van der Waals surface area contributed by atoms with Gasteiger partial charge in [0, 0.05) is 21.4 Å². The van der Waals surface area contributed by atoms with E-state index in [1.165, 1.54) is 5.56 Å². The molecule has 0 atom stereocenters. The summed E-state index contributed by atoms with van der Waals surface area (Å²) in [6.07, 6.45) is 1.73. The molecule has 0 aliphatic carbocycles. The van der Waals surface area contributed by atoms with Gasteiger partial charge in [-0.25, -0.2) is 14.8 Å². The molecule has 1 aromatic heterocycles. The van der Waals surface area contributed by atoms with Gasteiger partial charge < -0.3 is 14.2 Å². The van der Waals surface area contributed by atoms with Gasteiger partial charge in [0.15, 0.2) is 17.2 Å². The number of aromatic nitrogens is 1. The van der Waals surface area contributed by atoms with Crippen molar-refractivity contribution in [2.45, 2.75) is 16.8 Å². The zero-order valence-electron chi connectivity index (χ0n) is 19.4. The summed E-state index contributed by atoms with van der Waals surface area (Å²) < 4.78 is 16.1. The summed E-state index contributed by atoms with van der Waals surface area (Å²) in [7, 11) is 3.12. The normalized spacial score (nSPS) is 14.2. The molecule has 0 N–H and O–H groups in total. The van der Waals surface area contributed by atoms with Gasteiger partial charge in [0.2, 0.25) is 5.90 Å². The van der Waals surface area contributed by atoms with Gasteiger partial charge in [0.25, 0.3) is 0 Å². The van der Waals surface area contributed by atoms with E-state index in [0.29, 0.717) is 17.1 Å². The smallest absolute Gasteiger partial charge is 0.363 e. The molecule has 0 fully saturated rings. The summed E-state index contributed by atoms with van der Waals surface area (Å²) in [5, 5.41) is 1.76. The topological polar surface area (TPSA) is 70.0 Å². The third kappa shape index (κ3) is 4.76. The average molecular weight is 483 g/mol. The van der Waals surface area contributed by atoms with Crippen molar-refractivity contribution in [3.05, 3.63) is 95.2 Å². The Morgan fingerprint density at radius 2 is 1.69 bits per heavy atom. The SMILES string of the molecule is COc1ccc(C2=NC(=Cc3cc4ccccc4nc3Sc3ccc(C)cc3)C(=O)O2)cc1OC. The fraction of sp³-hybridized carbons (Fsp3) is 0.107. The number of hydrogen-bond acceptors (Lipinski definition) is 7. The number of ether oxygens (including phenoxy) is 3. The van der Waals surface area contributed by atoms with Gasteiger partial charge in [-0.3, -0.25) is 0 Å². The molecule has 0 radical (unpaired) electrons. The van der Waals surface area contributed by atoms with Crippen LogP contribution in [0, 0.1) is 6.92 Å². The minimum absolute atomic E-state index is 0.206. The summed E-state index contributed by atoms with van der Waals surface area (Å²) in [5.74, 6) is 0.798. The molecular weight excluding hydrogens is 460 g/mol. The van der Waals surface area contributed by atoms with Crippen molar-refractivity contribution in [1.29, 1.82) is 0 Å². The van der Waals surface area contributed by atoms with Gasteiger partial charge in [0.05, 0.1) is 19.7 Å². The lowest BCUT2D eigenvalue weighted by Gasteiger charge is -2.08. The quantitative estimate of drug-likeness (QED) is 0.246. The van der Waals surface area contributed by atoms with E-state index in [1.54, 1.807) is 50.3 Å². The van der Waals surface area contributed by atoms with Crippen LogP contribution in [0.5, 0.6) is 11.5 Å². The number of aryl methyl sites for hydroxylation is 1. The van der Waals surface area contributed by atoms with Crippen LogP contribution in [-0.4, -0.2) is 31.1 Å². The molecule has 1 aliphatic rings. The van der Waals surface area contributed by atoms with Gasteiger partial charge in [-0.05, 0) is 55.5 Å². The number of nitrogens with zero attached hydrogens (tertiary/aromatic N) is 2. The van der Waals surface area contributed by atoms with Crippen LogP contribution < -0.4 is 9.47 Å². The van der Waals surface area contributed by atoms with E-state index in [-0.39, 0.29) is 11.6 Å². The fourth-order valence-corrected chi connectivity index (χ4v) is 4.54. The van der Waals surface area contributed by atoms with Crippen LogP contribution in [0.4, 0.5) is 0 Å². The highest BCUT2D eigenvalue weighted by Crippen LogP contribution is 2.34. The van der Waals surface area contributed by atoms with Gasteiger partial charge in [-0.15, -0.1) is 0 Å². The van der Waals surface area contributed by atoms with Crippen molar-refractivity contribution in [3.8, 4) is 11.5 Å². The van der Waals surface area contributed by atoms with Crippen molar-refractivity contribution in [1.82, 2.24) is 4.98 Å². The van der Waals surface area contributed by atoms with Crippen molar-refractivity contribution >= 4 is 40.6 Å². The summed E-state index contributed by atoms with van der Waals surface area (Å²) in [5.41, 5.74) is 3.68. The molecule has 0 spiro atoms. The molecule has 7 heteroatoms. The van der Waals surface area contributed by atoms with Crippen molar-refractivity contribution in [2.24, 2.45) is 4.99 Å². The highest BCUT2D eigenvalue weighted by Gasteiger charge is 2.25. The van der Waals surface area contributed by atoms with E-state index < -0.39 is 5.97 Å². The first kappa shape index (κ1) is 22.7. The Morgan fingerprint density at radius 3 is 2.46 bits per heavy atom. The van der Waals surface area contributed by atoms with Crippen molar-refractivity contribution < 1.29 is 19.0 Å².